The van der Waals surface area contributed by atoms with Crippen molar-refractivity contribution in [3.63, 3.8) is 0 Å². The summed E-state index contributed by atoms with van der Waals surface area (Å²) in [5, 5.41) is 4.14. The van der Waals surface area contributed by atoms with Crippen molar-refractivity contribution in [3.8, 4) is 11.5 Å². The Morgan fingerprint density at radius 3 is 2.67 bits per heavy atom. The summed E-state index contributed by atoms with van der Waals surface area (Å²) in [6, 6.07) is 4.06. The molecule has 0 amide bonds. The maximum Gasteiger partial charge on any atom is 0.433 e. The van der Waals surface area contributed by atoms with Gasteiger partial charge >= 0.3 is 6.18 Å². The second-order valence-electron chi connectivity index (χ2n) is 4.19. The minimum atomic E-state index is -4.45. The fraction of sp³-hybridized carbons (Fsp3) is 0.364. The van der Waals surface area contributed by atoms with Gasteiger partial charge in [-0.15, -0.1) is 5.10 Å². The van der Waals surface area contributed by atoms with Gasteiger partial charge in [-0.05, 0) is 25.0 Å². The summed E-state index contributed by atoms with van der Waals surface area (Å²) in [6.45, 7) is 0. The highest BCUT2D eigenvalue weighted by Crippen LogP contribution is 2.34. The molecule has 3 rings (SSSR count). The van der Waals surface area contributed by atoms with Crippen LogP contribution in [0.25, 0.3) is 11.5 Å². The normalized spacial score (nSPS) is 15.9. The number of pyridine rings is 1. The Kier molecular flexibility index (Phi) is 2.36. The van der Waals surface area contributed by atoms with Gasteiger partial charge in [-0.1, -0.05) is 6.07 Å². The molecule has 2 aromatic rings. The van der Waals surface area contributed by atoms with E-state index in [0.717, 1.165) is 18.9 Å². The van der Waals surface area contributed by atoms with E-state index in [1.807, 2.05) is 0 Å². The number of nitrogens with zero attached hydrogens (tertiary/aromatic N) is 4. The summed E-state index contributed by atoms with van der Waals surface area (Å²) in [5.41, 5.74) is -0.785. The molecule has 7 heteroatoms. The summed E-state index contributed by atoms with van der Waals surface area (Å²) < 4.78 is 39.2. The number of alkyl halides is 3. The smallest absolute Gasteiger partial charge is 0.249 e. The van der Waals surface area contributed by atoms with Crippen molar-refractivity contribution in [2.24, 2.45) is 0 Å². The van der Waals surface area contributed by atoms with Crippen LogP contribution in [0, 0.1) is 0 Å². The highest BCUT2D eigenvalue weighted by Gasteiger charge is 2.33. The van der Waals surface area contributed by atoms with Gasteiger partial charge in [-0.3, -0.25) is 0 Å². The van der Waals surface area contributed by atoms with Gasteiger partial charge in [-0.2, -0.15) is 13.2 Å². The first-order valence-corrected chi connectivity index (χ1v) is 5.50. The number of rotatable bonds is 2. The Bertz CT molecular complexity index is 572. The molecule has 18 heavy (non-hydrogen) atoms. The van der Waals surface area contributed by atoms with Gasteiger partial charge in [0.1, 0.15) is 17.7 Å². The zero-order valence-corrected chi connectivity index (χ0v) is 9.22. The Morgan fingerprint density at radius 1 is 1.22 bits per heavy atom. The summed E-state index contributed by atoms with van der Waals surface area (Å²) in [4.78, 5) is 7.54. The van der Waals surface area contributed by atoms with E-state index >= 15 is 0 Å². The Labute approximate surface area is 100 Å². The highest BCUT2D eigenvalue weighted by molar-refractivity contribution is 5.48. The lowest BCUT2D eigenvalue weighted by Crippen LogP contribution is -2.08. The molecule has 0 bridgehead atoms. The molecule has 1 aliphatic rings. The molecule has 0 saturated heterocycles. The molecule has 2 heterocycles. The van der Waals surface area contributed by atoms with Gasteiger partial charge in [0.2, 0.25) is 0 Å². The van der Waals surface area contributed by atoms with E-state index < -0.39 is 11.9 Å². The minimum absolute atomic E-state index is 0.143. The number of halogens is 3. The molecule has 0 spiro atoms. The summed E-state index contributed by atoms with van der Waals surface area (Å²) in [5.74, 6) is 0.230. The monoisotopic (exact) mass is 254 g/mol. The minimum Gasteiger partial charge on any atom is -0.249 e. The fourth-order valence-corrected chi connectivity index (χ4v) is 1.62. The average Bonchev–Trinajstić information content (AvgIpc) is 3.06. The second kappa shape index (κ2) is 3.79. The molecule has 1 saturated carbocycles. The van der Waals surface area contributed by atoms with E-state index in [4.69, 9.17) is 0 Å². The van der Waals surface area contributed by atoms with Crippen LogP contribution in [0.5, 0.6) is 0 Å². The van der Waals surface area contributed by atoms with Crippen LogP contribution in [0.3, 0.4) is 0 Å². The number of aromatic nitrogens is 4. The van der Waals surface area contributed by atoms with Gasteiger partial charge < -0.3 is 0 Å². The van der Waals surface area contributed by atoms with Crippen LogP contribution in [-0.4, -0.2) is 19.7 Å². The van der Waals surface area contributed by atoms with Gasteiger partial charge in [-0.25, -0.2) is 14.6 Å². The second-order valence-corrected chi connectivity index (χ2v) is 4.19. The van der Waals surface area contributed by atoms with E-state index in [1.165, 1.54) is 18.5 Å². The average molecular weight is 254 g/mol. The van der Waals surface area contributed by atoms with Gasteiger partial charge in [0, 0.05) is 0 Å². The Hall–Kier alpha value is -1.92. The third-order valence-corrected chi connectivity index (χ3v) is 2.70. The third-order valence-electron chi connectivity index (χ3n) is 2.70. The quantitative estimate of drug-likeness (QED) is 0.827. The lowest BCUT2D eigenvalue weighted by atomic mass is 10.3. The van der Waals surface area contributed by atoms with E-state index in [2.05, 4.69) is 15.1 Å². The first-order chi connectivity index (χ1) is 8.54. The predicted octanol–water partition coefficient (Wildman–Crippen LogP) is 2.69. The van der Waals surface area contributed by atoms with Crippen molar-refractivity contribution >= 4 is 0 Å². The molecule has 1 fully saturated rings. The van der Waals surface area contributed by atoms with Crippen molar-refractivity contribution in [2.75, 3.05) is 0 Å². The van der Waals surface area contributed by atoms with Gasteiger partial charge in [0.25, 0.3) is 0 Å². The molecule has 94 valence electrons. The largest absolute Gasteiger partial charge is 0.433 e. The van der Waals surface area contributed by atoms with E-state index in [-0.39, 0.29) is 11.5 Å². The fourth-order valence-electron chi connectivity index (χ4n) is 1.62. The predicted molar refractivity (Wildman–Crippen MR) is 56.5 cm³/mol. The Morgan fingerprint density at radius 2 is 2.00 bits per heavy atom. The first-order valence-electron chi connectivity index (χ1n) is 5.50. The highest BCUT2D eigenvalue weighted by atomic mass is 19.4. The maximum atomic E-state index is 12.5. The van der Waals surface area contributed by atoms with Crippen molar-refractivity contribution in [2.45, 2.75) is 25.1 Å². The number of hydrogen-bond donors (Lipinski definition) is 0. The number of hydrogen-bond acceptors (Lipinski definition) is 3. The van der Waals surface area contributed by atoms with Gasteiger partial charge in [0.05, 0.1) is 6.04 Å². The zero-order chi connectivity index (χ0) is 12.8. The zero-order valence-electron chi connectivity index (χ0n) is 9.22. The van der Waals surface area contributed by atoms with Gasteiger partial charge in [0.15, 0.2) is 5.82 Å². The molecule has 0 aromatic carbocycles. The summed E-state index contributed by atoms with van der Waals surface area (Å²) >= 11 is 0. The van der Waals surface area contributed by atoms with Crippen molar-refractivity contribution in [1.82, 2.24) is 19.7 Å². The SMILES string of the molecule is FC(F)(F)c1cccc(-c2ncn(C3CC3)n2)n1. The van der Waals surface area contributed by atoms with Crippen LogP contribution in [0.2, 0.25) is 0 Å². The molecule has 0 aliphatic heterocycles. The standard InChI is InChI=1S/C11H9F3N4/c12-11(13,14)9-3-1-2-8(16-9)10-15-6-18(17-10)7-4-5-7/h1-3,6-7H,4-5H2. The van der Waals surface area contributed by atoms with E-state index in [1.54, 1.807) is 4.68 Å². The molecule has 0 N–H and O–H groups in total. The summed E-state index contributed by atoms with van der Waals surface area (Å²) in [7, 11) is 0. The molecule has 0 radical (unpaired) electrons. The lowest BCUT2D eigenvalue weighted by Gasteiger charge is -2.05. The van der Waals surface area contributed by atoms with Crippen LogP contribution in [0.15, 0.2) is 24.5 Å². The van der Waals surface area contributed by atoms with Crippen molar-refractivity contribution < 1.29 is 13.2 Å². The van der Waals surface area contributed by atoms with Crippen LogP contribution < -0.4 is 0 Å². The van der Waals surface area contributed by atoms with Crippen molar-refractivity contribution in [1.29, 1.82) is 0 Å². The third kappa shape index (κ3) is 2.07. The molecule has 0 atom stereocenters. The molecule has 0 unspecified atom stereocenters. The molecular weight excluding hydrogens is 245 g/mol. The van der Waals surface area contributed by atoms with Crippen LogP contribution in [0.4, 0.5) is 13.2 Å². The van der Waals surface area contributed by atoms with E-state index in [9.17, 15) is 13.2 Å². The molecule has 2 aromatic heterocycles. The van der Waals surface area contributed by atoms with Crippen LogP contribution in [0.1, 0.15) is 24.6 Å². The maximum absolute atomic E-state index is 12.5. The molecular formula is C11H9F3N4. The van der Waals surface area contributed by atoms with Crippen LogP contribution >= 0.6 is 0 Å². The van der Waals surface area contributed by atoms with Crippen LogP contribution in [-0.2, 0) is 6.18 Å². The topological polar surface area (TPSA) is 43.6 Å². The molecule has 4 nitrogen and oxygen atoms in total. The molecule has 1 aliphatic carbocycles. The first kappa shape index (κ1) is 11.2. The van der Waals surface area contributed by atoms with E-state index in [0.29, 0.717) is 6.04 Å². The lowest BCUT2D eigenvalue weighted by molar-refractivity contribution is -0.141. The Balaban J connectivity index is 1.95. The summed E-state index contributed by atoms with van der Waals surface area (Å²) in [6.07, 6.45) is -0.832. The van der Waals surface area contributed by atoms with Crippen molar-refractivity contribution in [3.05, 3.63) is 30.2 Å².